The van der Waals surface area contributed by atoms with E-state index in [1.54, 1.807) is 36.4 Å². The molecule has 0 radical (unpaired) electrons. The molecule has 43 heavy (non-hydrogen) atoms. The topological polar surface area (TPSA) is 78.9 Å². The first-order valence-electron chi connectivity index (χ1n) is 13.1. The quantitative estimate of drug-likeness (QED) is 0.147. The van der Waals surface area contributed by atoms with Crippen molar-refractivity contribution >= 4 is 71.5 Å². The number of furan rings is 1. The third-order valence-electron chi connectivity index (χ3n) is 6.52. The fraction of sp³-hybridized carbons (Fsp3) is 0.0938. The average molecular weight is 726 g/mol. The maximum atomic E-state index is 13.7. The molecule has 0 atom stereocenters. The number of benzene rings is 4. The minimum atomic E-state index is -0.370. The van der Waals surface area contributed by atoms with Crippen molar-refractivity contribution in [2.75, 3.05) is 6.61 Å². The van der Waals surface area contributed by atoms with Crippen molar-refractivity contribution in [1.29, 1.82) is 0 Å². The fourth-order valence-corrected chi connectivity index (χ4v) is 5.50. The van der Waals surface area contributed by atoms with Crippen LogP contribution in [0.2, 0.25) is 5.02 Å². The van der Waals surface area contributed by atoms with Crippen LogP contribution in [-0.2, 0) is 6.61 Å². The first-order chi connectivity index (χ1) is 20.8. The molecule has 0 unspecified atom stereocenters. The van der Waals surface area contributed by atoms with E-state index in [-0.39, 0.29) is 28.8 Å². The molecule has 0 spiro atoms. The Morgan fingerprint density at radius 1 is 1.05 bits per heavy atom. The maximum absolute atomic E-state index is 13.7. The van der Waals surface area contributed by atoms with Gasteiger partial charge in [-0.3, -0.25) is 4.79 Å². The number of rotatable bonds is 8. The molecule has 0 saturated carbocycles. The number of aromatic nitrogens is 2. The number of ether oxygens (including phenoxy) is 2. The van der Waals surface area contributed by atoms with Crippen LogP contribution in [-0.4, -0.2) is 22.5 Å². The van der Waals surface area contributed by atoms with Gasteiger partial charge in [0, 0.05) is 19.9 Å². The Morgan fingerprint density at radius 2 is 1.84 bits per heavy atom. The van der Waals surface area contributed by atoms with Crippen LogP contribution in [0.25, 0.3) is 33.5 Å². The van der Waals surface area contributed by atoms with Crippen LogP contribution >= 0.6 is 43.5 Å². The van der Waals surface area contributed by atoms with Gasteiger partial charge >= 0.3 is 0 Å². The minimum absolute atomic E-state index is 0.148. The lowest BCUT2D eigenvalue weighted by Gasteiger charge is -2.16. The standard InChI is InChI=1S/C32H21Br2ClFN3O4/c1-2-41-26-15-20(28(34)29(35)30(26)42-17-18-7-10-22(36)11-8-18)16-37-39-31(38-24-6-4-3-5-23(24)32(39)40)27-14-19-13-21(33)9-12-25(19)43-27/h3-16H,2,17H2,1H3. The normalized spacial score (nSPS) is 11.6. The summed E-state index contributed by atoms with van der Waals surface area (Å²) in [5, 5.41) is 6.05. The number of halogens is 4. The van der Waals surface area contributed by atoms with Gasteiger partial charge in [0.05, 0.1) is 23.7 Å². The second-order valence-corrected chi connectivity index (χ2v) is 11.5. The summed E-state index contributed by atoms with van der Waals surface area (Å²) in [5.41, 5.74) is 2.08. The molecule has 2 heterocycles. The van der Waals surface area contributed by atoms with Crippen molar-refractivity contribution in [2.24, 2.45) is 5.10 Å². The monoisotopic (exact) mass is 723 g/mol. The van der Waals surface area contributed by atoms with Crippen molar-refractivity contribution in [3.05, 3.63) is 120 Å². The molecule has 2 aromatic heterocycles. The van der Waals surface area contributed by atoms with Gasteiger partial charge in [-0.1, -0.05) is 51.8 Å². The zero-order valence-corrected chi connectivity index (χ0v) is 26.4. The highest BCUT2D eigenvalue weighted by atomic mass is 79.9. The summed E-state index contributed by atoms with van der Waals surface area (Å²) < 4.78 is 33.8. The highest BCUT2D eigenvalue weighted by Gasteiger charge is 2.20. The summed E-state index contributed by atoms with van der Waals surface area (Å²) in [5.74, 6) is 0.978. The van der Waals surface area contributed by atoms with Gasteiger partial charge in [0.25, 0.3) is 5.56 Å². The number of hydrogen-bond acceptors (Lipinski definition) is 6. The Balaban J connectivity index is 1.43. The Bertz CT molecular complexity index is 2080. The van der Waals surface area contributed by atoms with Gasteiger partial charge < -0.3 is 13.9 Å². The van der Waals surface area contributed by atoms with Gasteiger partial charge in [-0.15, -0.1) is 0 Å². The van der Waals surface area contributed by atoms with E-state index < -0.39 is 0 Å². The molecule has 4 aromatic carbocycles. The number of nitrogens with zero attached hydrogens (tertiary/aromatic N) is 3. The molecule has 0 bridgehead atoms. The zero-order chi connectivity index (χ0) is 30.1. The van der Waals surface area contributed by atoms with E-state index >= 15 is 0 Å². The van der Waals surface area contributed by atoms with Crippen LogP contribution in [0, 0.1) is 5.82 Å². The molecule has 7 nitrogen and oxygen atoms in total. The molecule has 0 aliphatic rings. The largest absolute Gasteiger partial charge is 0.490 e. The Morgan fingerprint density at radius 3 is 2.63 bits per heavy atom. The van der Waals surface area contributed by atoms with E-state index in [4.69, 9.17) is 30.5 Å². The number of fused-ring (bicyclic) bond motifs is 2. The molecular weight excluding hydrogens is 705 g/mol. The van der Waals surface area contributed by atoms with Crippen LogP contribution in [0.4, 0.5) is 4.39 Å². The molecule has 11 heteroatoms. The van der Waals surface area contributed by atoms with E-state index in [2.05, 4.69) is 37.0 Å². The predicted molar refractivity (Wildman–Crippen MR) is 173 cm³/mol. The van der Waals surface area contributed by atoms with Crippen LogP contribution in [0.5, 0.6) is 11.5 Å². The number of para-hydroxylation sites is 1. The van der Waals surface area contributed by atoms with E-state index in [0.717, 1.165) is 15.4 Å². The molecule has 0 saturated heterocycles. The molecule has 0 aliphatic carbocycles. The maximum Gasteiger partial charge on any atom is 0.282 e. The van der Waals surface area contributed by atoms with Gasteiger partial charge in [-0.2, -0.15) is 9.78 Å². The summed E-state index contributed by atoms with van der Waals surface area (Å²) >= 11 is 13.8. The van der Waals surface area contributed by atoms with Crippen LogP contribution in [0.1, 0.15) is 18.1 Å². The highest BCUT2D eigenvalue weighted by molar-refractivity contribution is 9.10. The van der Waals surface area contributed by atoms with Gasteiger partial charge in [-0.05, 0) is 83.0 Å². The molecule has 0 amide bonds. The fourth-order valence-electron chi connectivity index (χ4n) is 4.47. The minimum Gasteiger partial charge on any atom is -0.490 e. The summed E-state index contributed by atoms with van der Waals surface area (Å²) in [4.78, 5) is 18.4. The van der Waals surface area contributed by atoms with E-state index in [9.17, 15) is 9.18 Å². The molecule has 216 valence electrons. The molecule has 0 fully saturated rings. The summed E-state index contributed by atoms with van der Waals surface area (Å²) in [6.45, 7) is 2.34. The van der Waals surface area contributed by atoms with Gasteiger partial charge in [-0.25, -0.2) is 9.37 Å². The highest BCUT2D eigenvalue weighted by Crippen LogP contribution is 2.42. The Hall–Kier alpha value is -3.99. The average Bonchev–Trinajstić information content (AvgIpc) is 3.43. The van der Waals surface area contributed by atoms with Crippen molar-refractivity contribution in [2.45, 2.75) is 13.5 Å². The smallest absolute Gasteiger partial charge is 0.282 e. The van der Waals surface area contributed by atoms with Crippen LogP contribution in [0.3, 0.4) is 0 Å². The van der Waals surface area contributed by atoms with E-state index in [0.29, 0.717) is 50.4 Å². The second-order valence-electron chi connectivity index (χ2n) is 9.38. The first kappa shape index (κ1) is 29.1. The molecular formula is C32H21Br2ClFN3O4. The zero-order valence-electron chi connectivity index (χ0n) is 22.5. The van der Waals surface area contributed by atoms with E-state index in [1.165, 1.54) is 23.0 Å². The number of hydrogen-bond donors (Lipinski definition) is 0. The van der Waals surface area contributed by atoms with Crippen LogP contribution < -0.4 is 15.0 Å². The summed E-state index contributed by atoms with van der Waals surface area (Å²) in [6.07, 6.45) is 1.49. The second kappa shape index (κ2) is 12.3. The van der Waals surface area contributed by atoms with Gasteiger partial charge in [0.2, 0.25) is 5.82 Å². The third-order valence-corrected chi connectivity index (χ3v) is 8.45. The lowest BCUT2D eigenvalue weighted by Crippen LogP contribution is -2.20. The molecule has 0 N–H and O–H groups in total. The third kappa shape index (κ3) is 5.95. The van der Waals surface area contributed by atoms with Crippen molar-refractivity contribution in [3.8, 4) is 23.1 Å². The summed E-state index contributed by atoms with van der Waals surface area (Å²) in [6, 6.07) is 22.2. The van der Waals surface area contributed by atoms with E-state index in [1.807, 2.05) is 37.3 Å². The molecule has 6 aromatic rings. The van der Waals surface area contributed by atoms with Gasteiger partial charge in [0.15, 0.2) is 17.3 Å². The molecule has 6 rings (SSSR count). The summed E-state index contributed by atoms with van der Waals surface area (Å²) in [7, 11) is 0. The predicted octanol–water partition coefficient (Wildman–Crippen LogP) is 8.99. The first-order valence-corrected chi connectivity index (χ1v) is 15.1. The van der Waals surface area contributed by atoms with Crippen molar-refractivity contribution in [1.82, 2.24) is 9.66 Å². The lowest BCUT2D eigenvalue weighted by molar-refractivity contribution is 0.269. The molecule has 0 aliphatic heterocycles. The Kier molecular flexibility index (Phi) is 8.34. The SMILES string of the molecule is CCOc1cc(C=Nn2c(-c3cc4cc(Br)ccc4o3)nc3ccccc3c2=O)c(Br)c(Cl)c1OCc1ccc(F)cc1. The van der Waals surface area contributed by atoms with Crippen molar-refractivity contribution in [3.63, 3.8) is 0 Å². The Labute approximate surface area is 266 Å². The van der Waals surface area contributed by atoms with Crippen molar-refractivity contribution < 1.29 is 18.3 Å². The lowest BCUT2D eigenvalue weighted by atomic mass is 10.2. The van der Waals surface area contributed by atoms with Gasteiger partial charge in [0.1, 0.15) is 23.0 Å². The van der Waals surface area contributed by atoms with Crippen LogP contribution in [0.15, 0.2) is 102 Å².